The SMILES string of the molecule is Cc1cccc2c1OCC(CN1CCC(n3c(=S)[nH]c4cc(Cl)ccc43)CC1)O2. The first-order valence-corrected chi connectivity index (χ1v) is 10.9. The zero-order valence-electron chi connectivity index (χ0n) is 16.4. The molecule has 152 valence electrons. The lowest BCUT2D eigenvalue weighted by Gasteiger charge is -2.36. The topological polar surface area (TPSA) is 42.4 Å². The monoisotopic (exact) mass is 429 g/mol. The first kappa shape index (κ1) is 19.0. The molecular weight excluding hydrogens is 406 g/mol. The molecule has 5 nitrogen and oxygen atoms in total. The Morgan fingerprint density at radius 2 is 2.03 bits per heavy atom. The lowest BCUT2D eigenvalue weighted by molar-refractivity contribution is 0.0482. The van der Waals surface area contributed by atoms with Gasteiger partial charge in [0, 0.05) is 30.7 Å². The molecule has 2 aromatic carbocycles. The van der Waals surface area contributed by atoms with Crippen molar-refractivity contribution >= 4 is 34.9 Å². The molecule has 1 atom stereocenters. The summed E-state index contributed by atoms with van der Waals surface area (Å²) in [4.78, 5) is 5.77. The van der Waals surface area contributed by atoms with Crippen LogP contribution in [0.25, 0.3) is 11.0 Å². The van der Waals surface area contributed by atoms with Crippen LogP contribution in [0.1, 0.15) is 24.4 Å². The molecule has 1 fully saturated rings. The molecular formula is C22H24ClN3O2S. The summed E-state index contributed by atoms with van der Waals surface area (Å²) in [6.07, 6.45) is 2.19. The summed E-state index contributed by atoms with van der Waals surface area (Å²) in [7, 11) is 0. The lowest BCUT2D eigenvalue weighted by Crippen LogP contribution is -2.44. The average Bonchev–Trinajstić information content (AvgIpc) is 3.03. The molecule has 29 heavy (non-hydrogen) atoms. The van der Waals surface area contributed by atoms with Crippen LogP contribution in [0.15, 0.2) is 36.4 Å². The van der Waals surface area contributed by atoms with Crippen LogP contribution in [-0.4, -0.2) is 46.8 Å². The number of halogens is 1. The summed E-state index contributed by atoms with van der Waals surface area (Å²) in [5.41, 5.74) is 3.26. The zero-order valence-corrected chi connectivity index (χ0v) is 17.9. The average molecular weight is 430 g/mol. The van der Waals surface area contributed by atoms with Crippen LogP contribution in [0, 0.1) is 11.7 Å². The van der Waals surface area contributed by atoms with E-state index in [-0.39, 0.29) is 6.10 Å². The van der Waals surface area contributed by atoms with E-state index in [9.17, 15) is 0 Å². The Labute approximate surface area is 180 Å². The molecule has 2 aliphatic rings. The maximum absolute atomic E-state index is 6.20. The highest BCUT2D eigenvalue weighted by Gasteiger charge is 2.28. The highest BCUT2D eigenvalue weighted by Crippen LogP contribution is 2.35. The van der Waals surface area contributed by atoms with Crippen LogP contribution in [0.3, 0.4) is 0 Å². The summed E-state index contributed by atoms with van der Waals surface area (Å²) in [6, 6.07) is 12.4. The second kappa shape index (κ2) is 7.67. The van der Waals surface area contributed by atoms with Gasteiger partial charge >= 0.3 is 0 Å². The fourth-order valence-corrected chi connectivity index (χ4v) is 5.03. The van der Waals surface area contributed by atoms with E-state index >= 15 is 0 Å². The molecule has 0 radical (unpaired) electrons. The third-order valence-electron chi connectivity index (χ3n) is 5.95. The number of fused-ring (bicyclic) bond motifs is 2. The summed E-state index contributed by atoms with van der Waals surface area (Å²) in [5, 5.41) is 0.724. The van der Waals surface area contributed by atoms with Gasteiger partial charge in [-0.3, -0.25) is 4.90 Å². The van der Waals surface area contributed by atoms with E-state index in [1.807, 2.05) is 24.3 Å². The minimum absolute atomic E-state index is 0.0678. The van der Waals surface area contributed by atoms with Crippen LogP contribution in [0.4, 0.5) is 0 Å². The molecule has 0 spiro atoms. The third-order valence-corrected chi connectivity index (χ3v) is 6.48. The van der Waals surface area contributed by atoms with Crippen molar-refractivity contribution in [2.24, 2.45) is 0 Å². The largest absolute Gasteiger partial charge is 0.486 e. The molecule has 3 aromatic rings. The molecule has 1 N–H and O–H groups in total. The zero-order chi connectivity index (χ0) is 20.0. The summed E-state index contributed by atoms with van der Waals surface area (Å²) < 4.78 is 15.2. The summed E-state index contributed by atoms with van der Waals surface area (Å²) >= 11 is 11.7. The number of H-pyrrole nitrogens is 1. The van der Waals surface area contributed by atoms with Gasteiger partial charge in [0.05, 0.1) is 11.0 Å². The standard InChI is InChI=1S/C22H24ClN3O2S/c1-14-3-2-4-20-21(14)27-13-17(28-20)12-25-9-7-16(8-10-25)26-19-6-5-15(23)11-18(19)24-22(26)29/h2-6,11,16-17H,7-10,12-13H2,1H3,(H,24,29). The maximum Gasteiger partial charge on any atom is 0.178 e. The van der Waals surface area contributed by atoms with Gasteiger partial charge in [0.1, 0.15) is 12.7 Å². The van der Waals surface area contributed by atoms with E-state index in [0.29, 0.717) is 12.6 Å². The number of imidazole rings is 1. The van der Waals surface area contributed by atoms with Gasteiger partial charge in [0.25, 0.3) is 0 Å². The summed E-state index contributed by atoms with van der Waals surface area (Å²) in [5.74, 6) is 1.75. The van der Waals surface area contributed by atoms with E-state index < -0.39 is 0 Å². The summed E-state index contributed by atoms with van der Waals surface area (Å²) in [6.45, 7) is 5.58. The molecule has 0 aliphatic carbocycles. The third kappa shape index (κ3) is 3.65. The number of piperidine rings is 1. The van der Waals surface area contributed by atoms with Crippen LogP contribution < -0.4 is 9.47 Å². The van der Waals surface area contributed by atoms with Gasteiger partial charge in [-0.05, 0) is 61.8 Å². The molecule has 1 saturated heterocycles. The van der Waals surface area contributed by atoms with E-state index in [2.05, 4.69) is 33.5 Å². The predicted octanol–water partition coefficient (Wildman–Crippen LogP) is 5.14. The maximum atomic E-state index is 6.20. The molecule has 0 amide bonds. The first-order valence-electron chi connectivity index (χ1n) is 10.1. The van der Waals surface area contributed by atoms with Gasteiger partial charge in [-0.1, -0.05) is 23.7 Å². The van der Waals surface area contributed by atoms with Crippen LogP contribution in [0.2, 0.25) is 5.02 Å². The van der Waals surface area contributed by atoms with Crippen molar-refractivity contribution in [3.63, 3.8) is 0 Å². The fourth-order valence-electron chi connectivity index (χ4n) is 4.50. The van der Waals surface area contributed by atoms with Crippen molar-refractivity contribution in [2.75, 3.05) is 26.2 Å². The number of aromatic nitrogens is 2. The smallest absolute Gasteiger partial charge is 0.178 e. The molecule has 1 unspecified atom stereocenters. The second-order valence-electron chi connectivity index (χ2n) is 7.95. The molecule has 2 aliphatic heterocycles. The Balaban J connectivity index is 1.24. The Kier molecular flexibility index (Phi) is 5.02. The number of hydrogen-bond acceptors (Lipinski definition) is 4. The first-order chi connectivity index (χ1) is 14.1. The predicted molar refractivity (Wildman–Crippen MR) is 118 cm³/mol. The van der Waals surface area contributed by atoms with Gasteiger partial charge < -0.3 is 19.0 Å². The number of nitrogens with one attached hydrogen (secondary N) is 1. The number of aromatic amines is 1. The van der Waals surface area contributed by atoms with Crippen molar-refractivity contribution < 1.29 is 9.47 Å². The number of rotatable bonds is 3. The Hall–Kier alpha value is -2.02. The molecule has 3 heterocycles. The number of hydrogen-bond donors (Lipinski definition) is 1. The minimum Gasteiger partial charge on any atom is -0.486 e. The van der Waals surface area contributed by atoms with E-state index in [0.717, 1.165) is 70.4 Å². The van der Waals surface area contributed by atoms with Gasteiger partial charge in [-0.25, -0.2) is 0 Å². The van der Waals surface area contributed by atoms with Gasteiger partial charge in [-0.15, -0.1) is 0 Å². The van der Waals surface area contributed by atoms with E-state index in [1.54, 1.807) is 0 Å². The van der Waals surface area contributed by atoms with Crippen molar-refractivity contribution in [3.8, 4) is 11.5 Å². The number of likely N-dealkylation sites (tertiary alicyclic amines) is 1. The Morgan fingerprint density at radius 3 is 2.86 bits per heavy atom. The highest BCUT2D eigenvalue weighted by molar-refractivity contribution is 7.71. The molecule has 0 saturated carbocycles. The fraction of sp³-hybridized carbons (Fsp3) is 0.409. The van der Waals surface area contributed by atoms with Gasteiger partial charge in [-0.2, -0.15) is 0 Å². The van der Waals surface area contributed by atoms with Crippen LogP contribution in [-0.2, 0) is 0 Å². The van der Waals surface area contributed by atoms with Gasteiger partial charge in [0.15, 0.2) is 16.3 Å². The number of aryl methyl sites for hydroxylation is 1. The number of para-hydroxylation sites is 1. The second-order valence-corrected chi connectivity index (χ2v) is 8.77. The van der Waals surface area contributed by atoms with E-state index in [1.165, 1.54) is 0 Å². The number of nitrogens with zero attached hydrogens (tertiary/aromatic N) is 2. The van der Waals surface area contributed by atoms with Crippen molar-refractivity contribution in [2.45, 2.75) is 31.9 Å². The van der Waals surface area contributed by atoms with Crippen molar-refractivity contribution in [3.05, 3.63) is 51.8 Å². The van der Waals surface area contributed by atoms with Crippen LogP contribution >= 0.6 is 23.8 Å². The Morgan fingerprint density at radius 1 is 1.21 bits per heavy atom. The highest BCUT2D eigenvalue weighted by atomic mass is 35.5. The lowest BCUT2D eigenvalue weighted by atomic mass is 10.0. The molecule has 5 rings (SSSR count). The van der Waals surface area contributed by atoms with Crippen molar-refractivity contribution in [1.82, 2.24) is 14.5 Å². The number of benzene rings is 2. The quantitative estimate of drug-likeness (QED) is 0.585. The minimum atomic E-state index is 0.0678. The molecule has 0 bridgehead atoms. The molecule has 1 aromatic heterocycles. The Bertz CT molecular complexity index is 1100. The number of ether oxygens (including phenoxy) is 2. The van der Waals surface area contributed by atoms with E-state index in [4.69, 9.17) is 33.3 Å². The molecule has 7 heteroatoms. The van der Waals surface area contributed by atoms with Crippen LogP contribution in [0.5, 0.6) is 11.5 Å². The van der Waals surface area contributed by atoms with Crippen molar-refractivity contribution in [1.29, 1.82) is 0 Å². The van der Waals surface area contributed by atoms with Gasteiger partial charge in [0.2, 0.25) is 0 Å². The normalized spacial score (nSPS) is 20.3.